The Morgan fingerprint density at radius 3 is 2.77 bits per heavy atom. The number of nitrogens with zero attached hydrogens (tertiary/aromatic N) is 3. The number of hydrogen-bond acceptors (Lipinski definition) is 6. The summed E-state index contributed by atoms with van der Waals surface area (Å²) in [5.74, 6) is -0.0580. The summed E-state index contributed by atoms with van der Waals surface area (Å²) in [5.41, 5.74) is 0.498. The molecule has 2 amide bonds. The normalized spacial score (nSPS) is 15.9. The Morgan fingerprint density at radius 1 is 1.19 bits per heavy atom. The van der Waals surface area contributed by atoms with Crippen LogP contribution in [-0.4, -0.2) is 58.3 Å². The van der Waals surface area contributed by atoms with E-state index >= 15 is 0 Å². The van der Waals surface area contributed by atoms with Crippen molar-refractivity contribution >= 4 is 23.5 Å². The van der Waals surface area contributed by atoms with Gasteiger partial charge in [0.1, 0.15) is 18.3 Å². The van der Waals surface area contributed by atoms with Crippen molar-refractivity contribution < 1.29 is 23.9 Å². The lowest BCUT2D eigenvalue weighted by Gasteiger charge is -2.34. The van der Waals surface area contributed by atoms with E-state index in [0.29, 0.717) is 24.4 Å². The molecule has 0 radical (unpaired) electrons. The Labute approximate surface area is 181 Å². The molecule has 1 atom stereocenters. The van der Waals surface area contributed by atoms with Gasteiger partial charge in [-0.15, -0.1) is 0 Å². The third-order valence-electron chi connectivity index (χ3n) is 4.94. The molecular formula is C22H28N4O5. The van der Waals surface area contributed by atoms with Crippen LogP contribution >= 0.6 is 0 Å². The molecule has 1 N–H and O–H groups in total. The quantitative estimate of drug-likeness (QED) is 0.615. The number of para-hydroxylation sites is 1. The lowest BCUT2D eigenvalue weighted by atomic mass is 10.0. The SMILES string of the molecule is CCOC(=O)C1CCCCN1C(=O)Cn1cc(NC(=O)CCOc2ccccc2)cn1. The number of benzene rings is 1. The second-order valence-corrected chi connectivity index (χ2v) is 7.24. The number of amides is 2. The van der Waals surface area contributed by atoms with E-state index < -0.39 is 6.04 Å². The molecule has 1 aliphatic heterocycles. The van der Waals surface area contributed by atoms with Crippen LogP contribution in [0, 0.1) is 0 Å². The van der Waals surface area contributed by atoms with Crippen molar-refractivity contribution in [1.82, 2.24) is 14.7 Å². The van der Waals surface area contributed by atoms with E-state index in [2.05, 4.69) is 10.4 Å². The second-order valence-electron chi connectivity index (χ2n) is 7.24. The molecule has 1 unspecified atom stereocenters. The van der Waals surface area contributed by atoms with E-state index in [1.54, 1.807) is 18.0 Å². The van der Waals surface area contributed by atoms with Gasteiger partial charge in [-0.3, -0.25) is 14.3 Å². The first-order valence-electron chi connectivity index (χ1n) is 10.5. The van der Waals surface area contributed by atoms with Crippen molar-refractivity contribution in [2.24, 2.45) is 0 Å². The molecule has 166 valence electrons. The zero-order valence-electron chi connectivity index (χ0n) is 17.7. The van der Waals surface area contributed by atoms with Gasteiger partial charge < -0.3 is 19.7 Å². The summed E-state index contributed by atoms with van der Waals surface area (Å²) in [6.07, 6.45) is 5.62. The highest BCUT2D eigenvalue weighted by Gasteiger charge is 2.33. The molecule has 31 heavy (non-hydrogen) atoms. The van der Waals surface area contributed by atoms with Crippen LogP contribution in [0.15, 0.2) is 42.7 Å². The number of likely N-dealkylation sites (tertiary alicyclic amines) is 1. The molecule has 9 nitrogen and oxygen atoms in total. The summed E-state index contributed by atoms with van der Waals surface area (Å²) < 4.78 is 12.1. The number of aromatic nitrogens is 2. The first-order valence-corrected chi connectivity index (χ1v) is 10.5. The number of carbonyl (C=O) groups is 3. The van der Waals surface area contributed by atoms with Gasteiger partial charge >= 0.3 is 5.97 Å². The second kappa shape index (κ2) is 11.1. The zero-order chi connectivity index (χ0) is 22.1. The number of nitrogens with one attached hydrogen (secondary N) is 1. The summed E-state index contributed by atoms with van der Waals surface area (Å²) in [6, 6.07) is 8.74. The van der Waals surface area contributed by atoms with Crippen molar-refractivity contribution in [1.29, 1.82) is 0 Å². The number of carbonyl (C=O) groups excluding carboxylic acids is 3. The predicted molar refractivity (Wildman–Crippen MR) is 113 cm³/mol. The van der Waals surface area contributed by atoms with Gasteiger partial charge in [-0.2, -0.15) is 5.10 Å². The summed E-state index contributed by atoms with van der Waals surface area (Å²) in [6.45, 7) is 2.81. The Kier molecular flexibility index (Phi) is 8.03. The molecule has 0 spiro atoms. The Balaban J connectivity index is 1.47. The number of esters is 1. The topological polar surface area (TPSA) is 103 Å². The van der Waals surface area contributed by atoms with Crippen LogP contribution in [-0.2, 0) is 25.7 Å². The lowest BCUT2D eigenvalue weighted by Crippen LogP contribution is -2.49. The van der Waals surface area contributed by atoms with E-state index in [1.807, 2.05) is 30.3 Å². The molecule has 1 aliphatic rings. The van der Waals surface area contributed by atoms with Gasteiger partial charge in [-0.05, 0) is 38.3 Å². The van der Waals surface area contributed by atoms with Crippen LogP contribution in [0.5, 0.6) is 5.75 Å². The van der Waals surface area contributed by atoms with Gasteiger partial charge in [0.2, 0.25) is 11.8 Å². The summed E-state index contributed by atoms with van der Waals surface area (Å²) in [4.78, 5) is 38.6. The van der Waals surface area contributed by atoms with Gasteiger partial charge in [0.15, 0.2) is 0 Å². The van der Waals surface area contributed by atoms with Crippen LogP contribution < -0.4 is 10.1 Å². The first-order chi connectivity index (χ1) is 15.1. The van der Waals surface area contributed by atoms with E-state index in [4.69, 9.17) is 9.47 Å². The van der Waals surface area contributed by atoms with E-state index in [9.17, 15) is 14.4 Å². The van der Waals surface area contributed by atoms with Crippen LogP contribution in [0.3, 0.4) is 0 Å². The molecule has 0 aliphatic carbocycles. The van der Waals surface area contributed by atoms with Gasteiger partial charge in [-0.1, -0.05) is 18.2 Å². The van der Waals surface area contributed by atoms with E-state index in [1.165, 1.54) is 10.9 Å². The molecule has 0 bridgehead atoms. The number of ether oxygens (including phenoxy) is 2. The average Bonchev–Trinajstić information content (AvgIpc) is 3.21. The van der Waals surface area contributed by atoms with E-state index in [0.717, 1.165) is 12.8 Å². The first kappa shape index (κ1) is 22.3. The minimum absolute atomic E-state index is 0.0110. The highest BCUT2D eigenvalue weighted by Crippen LogP contribution is 2.19. The molecule has 1 saturated heterocycles. The highest BCUT2D eigenvalue weighted by atomic mass is 16.5. The summed E-state index contributed by atoms with van der Waals surface area (Å²) in [5, 5.41) is 6.89. The van der Waals surface area contributed by atoms with Crippen LogP contribution in [0.2, 0.25) is 0 Å². The standard InChI is InChI=1S/C22H28N4O5/c1-2-30-22(29)19-10-6-7-12-26(19)21(28)16-25-15-17(14-23-25)24-20(27)11-13-31-18-8-4-3-5-9-18/h3-5,8-9,14-15,19H,2,6-7,10-13,16H2,1H3,(H,24,27). The third-order valence-corrected chi connectivity index (χ3v) is 4.94. The zero-order valence-corrected chi connectivity index (χ0v) is 17.7. The third kappa shape index (κ3) is 6.56. The fourth-order valence-electron chi connectivity index (χ4n) is 3.46. The number of hydrogen-bond donors (Lipinski definition) is 1. The van der Waals surface area contributed by atoms with Gasteiger partial charge in [0.05, 0.1) is 31.5 Å². The Morgan fingerprint density at radius 2 is 2.00 bits per heavy atom. The smallest absolute Gasteiger partial charge is 0.328 e. The Bertz CT molecular complexity index is 883. The van der Waals surface area contributed by atoms with Gasteiger partial charge in [-0.25, -0.2) is 4.79 Å². The van der Waals surface area contributed by atoms with Gasteiger partial charge in [0, 0.05) is 12.7 Å². The molecule has 9 heteroatoms. The molecule has 2 heterocycles. The predicted octanol–water partition coefficient (Wildman–Crippen LogP) is 2.23. The number of anilines is 1. The molecule has 1 aromatic carbocycles. The van der Waals surface area contributed by atoms with Crippen molar-refractivity contribution in [2.75, 3.05) is 25.1 Å². The summed E-state index contributed by atoms with van der Waals surface area (Å²) >= 11 is 0. The Hall–Kier alpha value is -3.36. The van der Waals surface area contributed by atoms with Crippen molar-refractivity contribution in [2.45, 2.75) is 45.2 Å². The molecule has 0 saturated carbocycles. The van der Waals surface area contributed by atoms with Crippen LogP contribution in [0.1, 0.15) is 32.6 Å². The van der Waals surface area contributed by atoms with E-state index in [-0.39, 0.29) is 44.0 Å². The van der Waals surface area contributed by atoms with Gasteiger partial charge in [0.25, 0.3) is 0 Å². The molecular weight excluding hydrogens is 400 g/mol. The largest absolute Gasteiger partial charge is 0.493 e. The summed E-state index contributed by atoms with van der Waals surface area (Å²) in [7, 11) is 0. The van der Waals surface area contributed by atoms with Crippen LogP contribution in [0.4, 0.5) is 5.69 Å². The minimum atomic E-state index is -0.541. The van der Waals surface area contributed by atoms with Crippen molar-refractivity contribution in [3.8, 4) is 5.75 Å². The lowest BCUT2D eigenvalue weighted by molar-refractivity contribution is -0.156. The maximum Gasteiger partial charge on any atom is 0.328 e. The van der Waals surface area contributed by atoms with Crippen LogP contribution in [0.25, 0.3) is 0 Å². The highest BCUT2D eigenvalue weighted by molar-refractivity contribution is 5.90. The molecule has 1 fully saturated rings. The monoisotopic (exact) mass is 428 g/mol. The van der Waals surface area contributed by atoms with Crippen molar-refractivity contribution in [3.63, 3.8) is 0 Å². The minimum Gasteiger partial charge on any atom is -0.493 e. The fraction of sp³-hybridized carbons (Fsp3) is 0.455. The maximum atomic E-state index is 12.7. The molecule has 1 aromatic heterocycles. The molecule has 3 rings (SSSR count). The molecule has 2 aromatic rings. The average molecular weight is 428 g/mol. The fourth-order valence-corrected chi connectivity index (χ4v) is 3.46. The number of rotatable bonds is 9. The van der Waals surface area contributed by atoms with Crippen molar-refractivity contribution in [3.05, 3.63) is 42.7 Å². The number of piperidine rings is 1. The maximum absolute atomic E-state index is 12.7.